The number of fused-ring (bicyclic) bond motifs is 1. The van der Waals surface area contributed by atoms with E-state index in [-0.39, 0.29) is 24.3 Å². The number of hydrogen-bond donors (Lipinski definition) is 1. The van der Waals surface area contributed by atoms with E-state index in [9.17, 15) is 4.79 Å². The highest BCUT2D eigenvalue weighted by molar-refractivity contribution is 5.99. The van der Waals surface area contributed by atoms with Crippen molar-refractivity contribution in [2.75, 3.05) is 40.0 Å². The number of morpholine rings is 1. The van der Waals surface area contributed by atoms with Crippen molar-refractivity contribution in [1.82, 2.24) is 10.2 Å². The molecule has 186 valence electrons. The van der Waals surface area contributed by atoms with Crippen LogP contribution < -0.4 is 14.8 Å². The Balaban J connectivity index is 1.37. The van der Waals surface area contributed by atoms with Gasteiger partial charge in [-0.15, -0.1) is 0 Å². The fourth-order valence-electron chi connectivity index (χ4n) is 4.54. The van der Waals surface area contributed by atoms with E-state index in [1.54, 1.807) is 7.11 Å². The van der Waals surface area contributed by atoms with Crippen LogP contribution in [0.1, 0.15) is 27.7 Å². The molecule has 0 saturated carbocycles. The summed E-state index contributed by atoms with van der Waals surface area (Å²) in [7, 11) is 1.65. The number of ether oxygens (including phenoxy) is 3. The van der Waals surface area contributed by atoms with Gasteiger partial charge in [0.05, 0.1) is 26.4 Å². The summed E-state index contributed by atoms with van der Waals surface area (Å²) in [6.07, 6.45) is 0. The topological polar surface area (TPSA) is 73.2 Å². The van der Waals surface area contributed by atoms with Crippen LogP contribution >= 0.6 is 0 Å². The SMILES string of the molecule is COc1ccc(C(CNC(=O)c2oc3ccccc3c2COc2ccccc2)N2CCOCC2)cc1. The maximum absolute atomic E-state index is 13.4. The first-order valence-electron chi connectivity index (χ1n) is 12.1. The summed E-state index contributed by atoms with van der Waals surface area (Å²) in [6.45, 7) is 3.60. The lowest BCUT2D eigenvalue weighted by molar-refractivity contribution is 0.0161. The average Bonchev–Trinajstić information content (AvgIpc) is 3.32. The predicted molar refractivity (Wildman–Crippen MR) is 137 cm³/mol. The van der Waals surface area contributed by atoms with Crippen LogP contribution in [-0.2, 0) is 11.3 Å². The zero-order chi connectivity index (χ0) is 24.7. The zero-order valence-corrected chi connectivity index (χ0v) is 20.3. The van der Waals surface area contributed by atoms with Crippen LogP contribution in [0, 0.1) is 0 Å². The molecule has 5 rings (SSSR count). The Kier molecular flexibility index (Phi) is 7.50. The molecule has 0 bridgehead atoms. The largest absolute Gasteiger partial charge is 0.497 e. The van der Waals surface area contributed by atoms with E-state index < -0.39 is 0 Å². The highest BCUT2D eigenvalue weighted by Gasteiger charge is 2.26. The molecule has 1 atom stereocenters. The van der Waals surface area contributed by atoms with E-state index in [0.29, 0.717) is 25.3 Å². The van der Waals surface area contributed by atoms with Crippen molar-refractivity contribution in [3.05, 3.63) is 95.7 Å². The van der Waals surface area contributed by atoms with Gasteiger partial charge in [-0.25, -0.2) is 0 Å². The number of rotatable bonds is 9. The number of para-hydroxylation sites is 2. The van der Waals surface area contributed by atoms with Gasteiger partial charge in [0.25, 0.3) is 5.91 Å². The number of nitrogens with zero attached hydrogens (tertiary/aromatic N) is 1. The monoisotopic (exact) mass is 486 g/mol. The molecule has 0 spiro atoms. The van der Waals surface area contributed by atoms with Gasteiger partial charge in [-0.1, -0.05) is 48.5 Å². The number of nitrogens with one attached hydrogen (secondary N) is 1. The molecule has 7 nitrogen and oxygen atoms in total. The van der Waals surface area contributed by atoms with Gasteiger partial charge in [0.15, 0.2) is 5.76 Å². The van der Waals surface area contributed by atoms with Crippen molar-refractivity contribution in [3.8, 4) is 11.5 Å². The molecule has 1 unspecified atom stereocenters. The van der Waals surface area contributed by atoms with E-state index in [0.717, 1.165) is 41.1 Å². The number of carbonyl (C=O) groups excluding carboxylic acids is 1. The van der Waals surface area contributed by atoms with Crippen molar-refractivity contribution >= 4 is 16.9 Å². The van der Waals surface area contributed by atoms with Gasteiger partial charge in [0.1, 0.15) is 23.7 Å². The van der Waals surface area contributed by atoms with E-state index in [4.69, 9.17) is 18.6 Å². The van der Waals surface area contributed by atoms with Gasteiger partial charge in [0.2, 0.25) is 0 Å². The van der Waals surface area contributed by atoms with Gasteiger partial charge < -0.3 is 23.9 Å². The summed E-state index contributed by atoms with van der Waals surface area (Å²) < 4.78 is 22.9. The van der Waals surface area contributed by atoms with Crippen molar-refractivity contribution in [2.45, 2.75) is 12.6 Å². The number of hydrogen-bond acceptors (Lipinski definition) is 6. The minimum atomic E-state index is -0.260. The van der Waals surface area contributed by atoms with Crippen molar-refractivity contribution in [3.63, 3.8) is 0 Å². The van der Waals surface area contributed by atoms with Crippen LogP contribution in [-0.4, -0.2) is 50.8 Å². The minimum Gasteiger partial charge on any atom is -0.497 e. The first-order chi connectivity index (χ1) is 17.7. The van der Waals surface area contributed by atoms with Crippen molar-refractivity contribution in [1.29, 1.82) is 0 Å². The second-order valence-electron chi connectivity index (χ2n) is 8.65. The van der Waals surface area contributed by atoms with E-state index >= 15 is 0 Å². The van der Waals surface area contributed by atoms with Crippen molar-refractivity contribution in [2.24, 2.45) is 0 Å². The summed E-state index contributed by atoms with van der Waals surface area (Å²) in [6, 6.07) is 25.2. The van der Waals surface area contributed by atoms with Crippen LogP contribution in [0.4, 0.5) is 0 Å². The molecule has 4 aromatic rings. The number of furan rings is 1. The first kappa shape index (κ1) is 23.9. The van der Waals surface area contributed by atoms with Crippen molar-refractivity contribution < 1.29 is 23.4 Å². The molecule has 2 heterocycles. The molecule has 1 fully saturated rings. The second-order valence-corrected chi connectivity index (χ2v) is 8.65. The number of methoxy groups -OCH3 is 1. The molecule has 0 aliphatic carbocycles. The Morgan fingerprint density at radius 1 is 0.944 bits per heavy atom. The molecule has 1 aliphatic rings. The van der Waals surface area contributed by atoms with Crippen LogP contribution in [0.15, 0.2) is 83.3 Å². The summed E-state index contributed by atoms with van der Waals surface area (Å²) in [4.78, 5) is 15.8. The van der Waals surface area contributed by atoms with Gasteiger partial charge >= 0.3 is 0 Å². The Morgan fingerprint density at radius 3 is 2.42 bits per heavy atom. The maximum atomic E-state index is 13.4. The molecule has 0 radical (unpaired) electrons. The second kappa shape index (κ2) is 11.3. The summed E-state index contributed by atoms with van der Waals surface area (Å²) in [5.41, 5.74) is 2.50. The third-order valence-corrected chi connectivity index (χ3v) is 6.47. The van der Waals surface area contributed by atoms with Crippen LogP contribution in [0.25, 0.3) is 11.0 Å². The molecule has 3 aromatic carbocycles. The van der Waals surface area contributed by atoms with Gasteiger partial charge in [0, 0.05) is 30.6 Å². The summed E-state index contributed by atoms with van der Waals surface area (Å²) >= 11 is 0. The van der Waals surface area contributed by atoms with Crippen LogP contribution in [0.3, 0.4) is 0 Å². The lowest BCUT2D eigenvalue weighted by Crippen LogP contribution is -2.43. The highest BCUT2D eigenvalue weighted by atomic mass is 16.5. The van der Waals surface area contributed by atoms with Crippen LogP contribution in [0.2, 0.25) is 0 Å². The Labute approximate surface area is 210 Å². The van der Waals surface area contributed by atoms with Gasteiger partial charge in [-0.05, 0) is 35.9 Å². The van der Waals surface area contributed by atoms with E-state index in [1.807, 2.05) is 78.9 Å². The first-order valence-corrected chi connectivity index (χ1v) is 12.1. The maximum Gasteiger partial charge on any atom is 0.287 e. The lowest BCUT2D eigenvalue weighted by Gasteiger charge is -2.35. The van der Waals surface area contributed by atoms with E-state index in [1.165, 1.54) is 0 Å². The highest BCUT2D eigenvalue weighted by Crippen LogP contribution is 2.28. The third-order valence-electron chi connectivity index (χ3n) is 6.47. The minimum absolute atomic E-state index is 0.00264. The molecular formula is C29H30N2O5. The number of benzene rings is 3. The normalized spacial score (nSPS) is 14.9. The van der Waals surface area contributed by atoms with Gasteiger partial charge in [-0.2, -0.15) is 0 Å². The Hall–Kier alpha value is -3.81. The predicted octanol–water partition coefficient (Wildman–Crippen LogP) is 4.82. The fraction of sp³-hybridized carbons (Fsp3) is 0.276. The smallest absolute Gasteiger partial charge is 0.287 e. The molecule has 1 aromatic heterocycles. The Morgan fingerprint density at radius 2 is 1.67 bits per heavy atom. The zero-order valence-electron chi connectivity index (χ0n) is 20.3. The molecule has 1 N–H and O–H groups in total. The molecular weight excluding hydrogens is 456 g/mol. The third kappa shape index (κ3) is 5.37. The lowest BCUT2D eigenvalue weighted by atomic mass is 10.0. The number of carbonyl (C=O) groups is 1. The Bertz CT molecular complexity index is 1280. The summed E-state index contributed by atoms with van der Waals surface area (Å²) in [5.74, 6) is 1.56. The standard InChI is InChI=1S/C29H30N2O5/c1-33-22-13-11-21(12-14-22)26(31-15-17-34-18-16-31)19-30-29(32)28-25(20-35-23-7-3-2-4-8-23)24-9-5-6-10-27(24)36-28/h2-14,26H,15-20H2,1H3,(H,30,32). The number of amides is 1. The fourth-order valence-corrected chi connectivity index (χ4v) is 4.54. The van der Waals surface area contributed by atoms with E-state index in [2.05, 4.69) is 10.2 Å². The molecule has 7 heteroatoms. The van der Waals surface area contributed by atoms with Gasteiger partial charge in [-0.3, -0.25) is 9.69 Å². The summed E-state index contributed by atoms with van der Waals surface area (Å²) in [5, 5.41) is 3.99. The average molecular weight is 487 g/mol. The van der Waals surface area contributed by atoms with Crippen LogP contribution in [0.5, 0.6) is 11.5 Å². The quantitative estimate of drug-likeness (QED) is 0.366. The molecule has 1 aliphatic heterocycles. The molecule has 1 amide bonds. The molecule has 1 saturated heterocycles. The molecule has 36 heavy (non-hydrogen) atoms.